The summed E-state index contributed by atoms with van der Waals surface area (Å²) in [6.45, 7) is 3.16. The normalized spacial score (nSPS) is 10.8. The summed E-state index contributed by atoms with van der Waals surface area (Å²) in [5, 5.41) is 18.3. The molecule has 1 aromatic heterocycles. The summed E-state index contributed by atoms with van der Waals surface area (Å²) in [5.74, 6) is 1.87. The second-order valence-corrected chi connectivity index (χ2v) is 5.19. The zero-order valence-electron chi connectivity index (χ0n) is 11.1. The fourth-order valence-corrected chi connectivity index (χ4v) is 2.86. The second kappa shape index (κ2) is 7.31. The summed E-state index contributed by atoms with van der Waals surface area (Å²) in [5.41, 5.74) is 1.29. The number of rotatable bonds is 7. The molecule has 4 nitrogen and oxygen atoms in total. The molecular weight excluding hydrogens is 258 g/mol. The molecule has 0 aliphatic heterocycles. The van der Waals surface area contributed by atoms with Gasteiger partial charge in [0.05, 0.1) is 0 Å². The van der Waals surface area contributed by atoms with Crippen molar-refractivity contribution >= 4 is 11.8 Å². The van der Waals surface area contributed by atoms with E-state index >= 15 is 0 Å². The largest absolute Gasteiger partial charge is 0.396 e. The Morgan fingerprint density at radius 3 is 2.68 bits per heavy atom. The average Bonchev–Trinajstić information content (AvgIpc) is 2.86. The molecule has 0 bridgehead atoms. The van der Waals surface area contributed by atoms with Gasteiger partial charge in [-0.3, -0.25) is 0 Å². The van der Waals surface area contributed by atoms with Crippen LogP contribution in [0.2, 0.25) is 0 Å². The first kappa shape index (κ1) is 14.1. The van der Waals surface area contributed by atoms with Gasteiger partial charge >= 0.3 is 0 Å². The molecule has 0 aliphatic rings. The van der Waals surface area contributed by atoms with Crippen molar-refractivity contribution < 1.29 is 5.11 Å². The summed E-state index contributed by atoms with van der Waals surface area (Å²) in [6.07, 6.45) is 1.52. The van der Waals surface area contributed by atoms with E-state index < -0.39 is 0 Å². The molecule has 1 aromatic carbocycles. The molecule has 0 amide bonds. The molecule has 0 fully saturated rings. The number of aryl methyl sites for hydroxylation is 1. The maximum absolute atomic E-state index is 8.89. The molecule has 1 heterocycles. The number of thioether (sulfide) groups is 1. The van der Waals surface area contributed by atoms with Crippen molar-refractivity contribution in [2.45, 2.75) is 37.2 Å². The van der Waals surface area contributed by atoms with Gasteiger partial charge in [-0.1, -0.05) is 42.1 Å². The van der Waals surface area contributed by atoms with Gasteiger partial charge in [0.1, 0.15) is 5.82 Å². The van der Waals surface area contributed by atoms with Gasteiger partial charge in [0.25, 0.3) is 0 Å². The van der Waals surface area contributed by atoms with Gasteiger partial charge in [0, 0.05) is 25.3 Å². The van der Waals surface area contributed by atoms with Gasteiger partial charge in [-0.05, 0) is 18.9 Å². The highest BCUT2D eigenvalue weighted by Crippen LogP contribution is 2.22. The molecule has 0 aliphatic carbocycles. The molecule has 0 saturated carbocycles. The Balaban J connectivity index is 2.02. The van der Waals surface area contributed by atoms with Crippen molar-refractivity contribution in [2.24, 2.45) is 0 Å². The van der Waals surface area contributed by atoms with Crippen LogP contribution in [0.4, 0.5) is 0 Å². The molecule has 5 heteroatoms. The topological polar surface area (TPSA) is 50.9 Å². The standard InChI is InChI=1S/C14H19N3OS/c1-2-17-13(9-6-10-18)15-16-14(17)19-11-12-7-4-3-5-8-12/h3-5,7-8,18H,2,6,9-11H2,1H3. The van der Waals surface area contributed by atoms with E-state index in [0.717, 1.165) is 36.1 Å². The smallest absolute Gasteiger partial charge is 0.191 e. The van der Waals surface area contributed by atoms with Gasteiger partial charge in [0.15, 0.2) is 5.16 Å². The van der Waals surface area contributed by atoms with Crippen molar-refractivity contribution in [1.29, 1.82) is 0 Å². The molecule has 102 valence electrons. The molecule has 19 heavy (non-hydrogen) atoms. The van der Waals surface area contributed by atoms with Crippen LogP contribution in [0.1, 0.15) is 24.7 Å². The maximum atomic E-state index is 8.89. The molecule has 2 rings (SSSR count). The first-order valence-corrected chi connectivity index (χ1v) is 7.53. The number of nitrogens with zero attached hydrogens (tertiary/aromatic N) is 3. The van der Waals surface area contributed by atoms with Gasteiger partial charge in [-0.15, -0.1) is 10.2 Å². The van der Waals surface area contributed by atoms with Crippen LogP contribution >= 0.6 is 11.8 Å². The number of aromatic nitrogens is 3. The fraction of sp³-hybridized carbons (Fsp3) is 0.429. The van der Waals surface area contributed by atoms with Crippen LogP contribution in [0, 0.1) is 0 Å². The maximum Gasteiger partial charge on any atom is 0.191 e. The Morgan fingerprint density at radius 1 is 1.21 bits per heavy atom. The summed E-state index contributed by atoms with van der Waals surface area (Å²) in [4.78, 5) is 0. The molecule has 2 aromatic rings. The Bertz CT molecular complexity index is 499. The van der Waals surface area contributed by atoms with Crippen LogP contribution < -0.4 is 0 Å². The van der Waals surface area contributed by atoms with E-state index in [1.807, 2.05) is 18.2 Å². The van der Waals surface area contributed by atoms with Crippen molar-refractivity contribution in [2.75, 3.05) is 6.61 Å². The lowest BCUT2D eigenvalue weighted by Gasteiger charge is -2.06. The minimum atomic E-state index is 0.197. The highest BCUT2D eigenvalue weighted by molar-refractivity contribution is 7.98. The first-order chi connectivity index (χ1) is 9.35. The van der Waals surface area contributed by atoms with Gasteiger partial charge in [-0.25, -0.2) is 0 Å². The third kappa shape index (κ3) is 3.81. The molecule has 0 atom stereocenters. The van der Waals surface area contributed by atoms with Crippen molar-refractivity contribution in [3.63, 3.8) is 0 Å². The van der Waals surface area contributed by atoms with Gasteiger partial charge < -0.3 is 9.67 Å². The van der Waals surface area contributed by atoms with Crippen LogP contribution in [0.25, 0.3) is 0 Å². The van der Waals surface area contributed by atoms with Crippen LogP contribution in [-0.4, -0.2) is 26.5 Å². The predicted molar refractivity (Wildman–Crippen MR) is 77.1 cm³/mol. The van der Waals surface area contributed by atoms with Crippen LogP contribution in [0.15, 0.2) is 35.5 Å². The average molecular weight is 277 g/mol. The zero-order chi connectivity index (χ0) is 13.5. The van der Waals surface area contributed by atoms with E-state index in [1.54, 1.807) is 11.8 Å². The van der Waals surface area contributed by atoms with E-state index in [4.69, 9.17) is 5.11 Å². The Labute approximate surface area is 117 Å². The van der Waals surface area contributed by atoms with Crippen molar-refractivity contribution in [3.8, 4) is 0 Å². The van der Waals surface area contributed by atoms with E-state index in [-0.39, 0.29) is 6.61 Å². The summed E-state index contributed by atoms with van der Waals surface area (Å²) in [7, 11) is 0. The Morgan fingerprint density at radius 2 is 2.00 bits per heavy atom. The lowest BCUT2D eigenvalue weighted by Crippen LogP contribution is -2.04. The molecule has 0 unspecified atom stereocenters. The van der Waals surface area contributed by atoms with Crippen LogP contribution in [0.3, 0.4) is 0 Å². The quantitative estimate of drug-likeness (QED) is 0.790. The number of hydrogen-bond donors (Lipinski definition) is 1. The lowest BCUT2D eigenvalue weighted by atomic mass is 10.2. The van der Waals surface area contributed by atoms with E-state index in [0.29, 0.717) is 0 Å². The van der Waals surface area contributed by atoms with Crippen molar-refractivity contribution in [1.82, 2.24) is 14.8 Å². The van der Waals surface area contributed by atoms with Crippen molar-refractivity contribution in [3.05, 3.63) is 41.7 Å². The van der Waals surface area contributed by atoms with E-state index in [1.165, 1.54) is 5.56 Å². The Hall–Kier alpha value is -1.33. The summed E-state index contributed by atoms with van der Waals surface area (Å²) in [6, 6.07) is 10.4. The predicted octanol–water partition coefficient (Wildman–Crippen LogP) is 2.52. The number of aliphatic hydroxyl groups is 1. The van der Waals surface area contributed by atoms with Gasteiger partial charge in [-0.2, -0.15) is 0 Å². The van der Waals surface area contributed by atoms with Crippen LogP contribution in [0.5, 0.6) is 0 Å². The SMILES string of the molecule is CCn1c(CCCO)nnc1SCc1ccccc1. The third-order valence-corrected chi connectivity index (χ3v) is 3.92. The van der Waals surface area contributed by atoms with E-state index in [2.05, 4.69) is 33.8 Å². The monoisotopic (exact) mass is 277 g/mol. The lowest BCUT2D eigenvalue weighted by molar-refractivity contribution is 0.286. The number of benzene rings is 1. The minimum absolute atomic E-state index is 0.197. The van der Waals surface area contributed by atoms with Gasteiger partial charge in [0.2, 0.25) is 0 Å². The first-order valence-electron chi connectivity index (χ1n) is 6.54. The number of aliphatic hydroxyl groups excluding tert-OH is 1. The molecular formula is C14H19N3OS. The summed E-state index contributed by atoms with van der Waals surface area (Å²) < 4.78 is 2.13. The molecule has 0 spiro atoms. The molecule has 0 radical (unpaired) electrons. The highest BCUT2D eigenvalue weighted by Gasteiger charge is 2.10. The van der Waals surface area contributed by atoms with Crippen LogP contribution in [-0.2, 0) is 18.7 Å². The molecule has 0 saturated heterocycles. The van der Waals surface area contributed by atoms with E-state index in [9.17, 15) is 0 Å². The number of hydrogen-bond acceptors (Lipinski definition) is 4. The zero-order valence-corrected chi connectivity index (χ0v) is 11.9. The fourth-order valence-electron chi connectivity index (χ4n) is 1.89. The third-order valence-electron chi connectivity index (χ3n) is 2.88. The summed E-state index contributed by atoms with van der Waals surface area (Å²) >= 11 is 1.71. The molecule has 1 N–H and O–H groups in total. The minimum Gasteiger partial charge on any atom is -0.396 e. The second-order valence-electron chi connectivity index (χ2n) is 4.24. The highest BCUT2D eigenvalue weighted by atomic mass is 32.2. The Kier molecular flexibility index (Phi) is 5.42.